The molecule has 0 radical (unpaired) electrons. The zero-order chi connectivity index (χ0) is 12.5. The van der Waals surface area contributed by atoms with Crippen LogP contribution in [0.1, 0.15) is 22.8 Å². The van der Waals surface area contributed by atoms with Gasteiger partial charge >= 0.3 is 6.18 Å². The Balaban J connectivity index is 3.56. The zero-order valence-electron chi connectivity index (χ0n) is 8.48. The fourth-order valence-corrected chi connectivity index (χ4v) is 1.60. The first-order valence-corrected chi connectivity index (χ1v) is 4.61. The molecule has 0 saturated heterocycles. The van der Waals surface area contributed by atoms with Crippen molar-refractivity contribution in [1.82, 2.24) is 0 Å². The third kappa shape index (κ3) is 2.29. The van der Waals surface area contributed by atoms with Gasteiger partial charge in [-0.1, -0.05) is 11.6 Å². The maximum absolute atomic E-state index is 12.6. The summed E-state index contributed by atoms with van der Waals surface area (Å²) in [5, 5.41) is -0.0580. The number of benzene rings is 1. The number of alkyl halides is 3. The minimum absolute atomic E-state index is 0.0580. The van der Waals surface area contributed by atoms with Crippen LogP contribution in [0.5, 0.6) is 5.75 Å². The van der Waals surface area contributed by atoms with Crippen LogP contribution in [-0.4, -0.2) is 12.9 Å². The number of halogens is 4. The summed E-state index contributed by atoms with van der Waals surface area (Å²) in [6.07, 6.45) is -4.58. The molecule has 16 heavy (non-hydrogen) atoms. The first kappa shape index (κ1) is 12.8. The lowest BCUT2D eigenvalue weighted by atomic mass is 10.1. The SMILES string of the molecule is COc1c(C(F)(F)F)ccc(Cl)c1C(C)=O. The van der Waals surface area contributed by atoms with E-state index >= 15 is 0 Å². The second kappa shape index (κ2) is 4.33. The summed E-state index contributed by atoms with van der Waals surface area (Å²) in [5.41, 5.74) is -1.26. The highest BCUT2D eigenvalue weighted by atomic mass is 35.5. The summed E-state index contributed by atoms with van der Waals surface area (Å²) in [6.45, 7) is 1.13. The predicted octanol–water partition coefficient (Wildman–Crippen LogP) is 3.57. The molecule has 1 rings (SSSR count). The summed E-state index contributed by atoms with van der Waals surface area (Å²) < 4.78 is 42.3. The predicted molar refractivity (Wildman–Crippen MR) is 53.0 cm³/mol. The summed E-state index contributed by atoms with van der Waals surface area (Å²) in [4.78, 5) is 11.2. The Morgan fingerprint density at radius 1 is 1.38 bits per heavy atom. The van der Waals surface area contributed by atoms with Gasteiger partial charge in [-0.3, -0.25) is 4.79 Å². The van der Waals surface area contributed by atoms with E-state index in [1.165, 1.54) is 0 Å². The first-order chi connectivity index (χ1) is 7.29. The molecule has 0 bridgehead atoms. The minimum Gasteiger partial charge on any atom is -0.495 e. The molecule has 0 aliphatic heterocycles. The number of methoxy groups -OCH3 is 1. The molecular weight excluding hydrogens is 245 g/mol. The van der Waals surface area contributed by atoms with E-state index in [0.29, 0.717) is 0 Å². The monoisotopic (exact) mass is 252 g/mol. The summed E-state index contributed by atoms with van der Waals surface area (Å²) in [5.74, 6) is -1.11. The number of Topliss-reactive ketones (excluding diaryl/α,β-unsaturated/α-hetero) is 1. The van der Waals surface area contributed by atoms with Gasteiger partial charge in [0.2, 0.25) is 0 Å². The Morgan fingerprint density at radius 3 is 2.31 bits per heavy atom. The quantitative estimate of drug-likeness (QED) is 0.752. The van der Waals surface area contributed by atoms with Crippen LogP contribution in [0.25, 0.3) is 0 Å². The van der Waals surface area contributed by atoms with E-state index in [1.54, 1.807) is 0 Å². The van der Waals surface area contributed by atoms with Crippen molar-refractivity contribution in [2.24, 2.45) is 0 Å². The molecule has 0 aliphatic carbocycles. The van der Waals surface area contributed by atoms with Crippen LogP contribution in [-0.2, 0) is 6.18 Å². The van der Waals surface area contributed by atoms with E-state index in [-0.39, 0.29) is 10.6 Å². The van der Waals surface area contributed by atoms with Crippen molar-refractivity contribution in [3.63, 3.8) is 0 Å². The van der Waals surface area contributed by atoms with Gasteiger partial charge in [-0.25, -0.2) is 0 Å². The number of hydrogen-bond acceptors (Lipinski definition) is 2. The van der Waals surface area contributed by atoms with E-state index in [2.05, 4.69) is 4.74 Å². The van der Waals surface area contributed by atoms with E-state index in [4.69, 9.17) is 11.6 Å². The maximum Gasteiger partial charge on any atom is 0.419 e. The van der Waals surface area contributed by atoms with Gasteiger partial charge in [-0.2, -0.15) is 13.2 Å². The van der Waals surface area contributed by atoms with Gasteiger partial charge in [0.15, 0.2) is 5.78 Å². The Bertz CT molecular complexity index is 427. The normalized spacial score (nSPS) is 11.4. The Morgan fingerprint density at radius 2 is 1.94 bits per heavy atom. The van der Waals surface area contributed by atoms with Crippen LogP contribution in [0.3, 0.4) is 0 Å². The molecule has 1 aromatic rings. The molecule has 0 heterocycles. The minimum atomic E-state index is -4.58. The van der Waals surface area contributed by atoms with E-state index in [0.717, 1.165) is 26.2 Å². The van der Waals surface area contributed by atoms with Crippen LogP contribution >= 0.6 is 11.6 Å². The van der Waals surface area contributed by atoms with Crippen LogP contribution < -0.4 is 4.74 Å². The molecule has 0 saturated carbocycles. The highest BCUT2D eigenvalue weighted by Crippen LogP contribution is 2.40. The van der Waals surface area contributed by atoms with Crippen molar-refractivity contribution >= 4 is 17.4 Å². The van der Waals surface area contributed by atoms with Gasteiger partial charge in [-0.15, -0.1) is 0 Å². The first-order valence-electron chi connectivity index (χ1n) is 4.23. The molecule has 6 heteroatoms. The highest BCUT2D eigenvalue weighted by molar-refractivity contribution is 6.34. The Labute approximate surface area is 95.0 Å². The molecule has 0 amide bonds. The van der Waals surface area contributed by atoms with Crippen LogP contribution in [0.4, 0.5) is 13.2 Å². The molecule has 2 nitrogen and oxygen atoms in total. The summed E-state index contributed by atoms with van der Waals surface area (Å²) in [7, 11) is 1.06. The number of carbonyl (C=O) groups excluding carboxylic acids is 1. The van der Waals surface area contributed by atoms with Gasteiger partial charge in [0.25, 0.3) is 0 Å². The largest absolute Gasteiger partial charge is 0.495 e. The summed E-state index contributed by atoms with van der Waals surface area (Å²) in [6, 6.07) is 1.82. The molecule has 0 fully saturated rings. The number of ketones is 1. The Kier molecular flexibility index (Phi) is 3.48. The number of hydrogen-bond donors (Lipinski definition) is 0. The van der Waals surface area contributed by atoms with E-state index in [9.17, 15) is 18.0 Å². The lowest BCUT2D eigenvalue weighted by Gasteiger charge is -2.15. The van der Waals surface area contributed by atoms with Crippen LogP contribution in [0.15, 0.2) is 12.1 Å². The molecule has 0 spiro atoms. The number of ether oxygens (including phenoxy) is 1. The number of rotatable bonds is 2. The molecule has 0 aromatic heterocycles. The van der Waals surface area contributed by atoms with Gasteiger partial charge < -0.3 is 4.74 Å². The van der Waals surface area contributed by atoms with Crippen molar-refractivity contribution < 1.29 is 22.7 Å². The van der Waals surface area contributed by atoms with E-state index < -0.39 is 23.3 Å². The lowest BCUT2D eigenvalue weighted by Crippen LogP contribution is -2.11. The second-order valence-corrected chi connectivity index (χ2v) is 3.46. The van der Waals surface area contributed by atoms with Crippen LogP contribution in [0, 0.1) is 0 Å². The maximum atomic E-state index is 12.6. The standard InChI is InChI=1S/C10H8ClF3O2/c1-5(15)8-7(11)4-3-6(9(8)16-2)10(12,13)14/h3-4H,1-2H3. The van der Waals surface area contributed by atoms with Crippen molar-refractivity contribution in [2.45, 2.75) is 13.1 Å². The van der Waals surface area contributed by atoms with Gasteiger partial charge in [-0.05, 0) is 19.1 Å². The van der Waals surface area contributed by atoms with Gasteiger partial charge in [0.05, 0.1) is 23.3 Å². The molecular formula is C10H8ClF3O2. The average Bonchev–Trinajstić information content (AvgIpc) is 2.14. The third-order valence-corrected chi connectivity index (χ3v) is 2.28. The smallest absolute Gasteiger partial charge is 0.419 e. The molecule has 0 N–H and O–H groups in total. The van der Waals surface area contributed by atoms with Gasteiger partial charge in [0.1, 0.15) is 5.75 Å². The summed E-state index contributed by atoms with van der Waals surface area (Å²) >= 11 is 5.66. The zero-order valence-corrected chi connectivity index (χ0v) is 9.24. The molecule has 1 aromatic carbocycles. The van der Waals surface area contributed by atoms with Crippen molar-refractivity contribution in [3.05, 3.63) is 28.3 Å². The van der Waals surface area contributed by atoms with Crippen molar-refractivity contribution in [3.8, 4) is 5.75 Å². The fourth-order valence-electron chi connectivity index (χ4n) is 1.32. The highest BCUT2D eigenvalue weighted by Gasteiger charge is 2.36. The molecule has 0 aliphatic rings. The van der Waals surface area contributed by atoms with Crippen molar-refractivity contribution in [2.75, 3.05) is 7.11 Å². The molecule has 88 valence electrons. The fraction of sp³-hybridized carbons (Fsp3) is 0.300. The Hall–Kier alpha value is -1.23. The topological polar surface area (TPSA) is 26.3 Å². The van der Waals surface area contributed by atoms with Gasteiger partial charge in [0, 0.05) is 0 Å². The molecule has 0 atom stereocenters. The lowest BCUT2D eigenvalue weighted by molar-refractivity contribution is -0.138. The molecule has 0 unspecified atom stereocenters. The second-order valence-electron chi connectivity index (χ2n) is 3.06. The third-order valence-electron chi connectivity index (χ3n) is 1.97. The van der Waals surface area contributed by atoms with E-state index in [1.807, 2.05) is 0 Å². The van der Waals surface area contributed by atoms with Crippen molar-refractivity contribution in [1.29, 1.82) is 0 Å². The number of carbonyl (C=O) groups is 1. The van der Waals surface area contributed by atoms with Crippen LogP contribution in [0.2, 0.25) is 5.02 Å². The average molecular weight is 253 g/mol.